The fourth-order valence-electron chi connectivity index (χ4n) is 2.97. The van der Waals surface area contributed by atoms with Crippen LogP contribution in [0.3, 0.4) is 0 Å². The molecule has 2 rings (SSSR count). The molecule has 0 amide bonds. The maximum atomic E-state index is 5.13. The van der Waals surface area contributed by atoms with Crippen molar-refractivity contribution >= 4 is 5.95 Å². The predicted molar refractivity (Wildman–Crippen MR) is 86.8 cm³/mol. The van der Waals surface area contributed by atoms with Crippen molar-refractivity contribution in [2.24, 2.45) is 5.92 Å². The fraction of sp³-hybridized carbons (Fsp3) is 0.812. The highest BCUT2D eigenvalue weighted by Gasteiger charge is 2.24. The molecule has 1 saturated heterocycles. The Morgan fingerprint density at radius 3 is 2.95 bits per heavy atom. The average molecular weight is 294 g/mol. The van der Waals surface area contributed by atoms with Crippen LogP contribution in [-0.4, -0.2) is 53.8 Å². The van der Waals surface area contributed by atoms with Gasteiger partial charge in [0.25, 0.3) is 0 Å². The molecule has 1 atom stereocenters. The summed E-state index contributed by atoms with van der Waals surface area (Å²) in [6, 6.07) is 0.660. The summed E-state index contributed by atoms with van der Waals surface area (Å²) < 4.78 is 7.34. The van der Waals surface area contributed by atoms with E-state index in [2.05, 4.69) is 39.8 Å². The van der Waals surface area contributed by atoms with Gasteiger partial charge in [-0.2, -0.15) is 0 Å². The quantitative estimate of drug-likeness (QED) is 0.748. The topological polar surface area (TPSA) is 42.3 Å². The first-order valence-electron chi connectivity index (χ1n) is 8.10. The molecule has 0 spiro atoms. The lowest BCUT2D eigenvalue weighted by Crippen LogP contribution is -2.29. The van der Waals surface area contributed by atoms with E-state index in [0.717, 1.165) is 43.7 Å². The van der Waals surface area contributed by atoms with Crippen molar-refractivity contribution in [3.63, 3.8) is 0 Å². The molecular weight excluding hydrogens is 264 g/mol. The first-order chi connectivity index (χ1) is 10.1. The minimum absolute atomic E-state index is 0.660. The summed E-state index contributed by atoms with van der Waals surface area (Å²) in [7, 11) is 1.75. The Morgan fingerprint density at radius 2 is 2.29 bits per heavy atom. The highest BCUT2D eigenvalue weighted by molar-refractivity contribution is 5.28. The monoisotopic (exact) mass is 294 g/mol. The van der Waals surface area contributed by atoms with Gasteiger partial charge in [0.05, 0.1) is 5.69 Å². The summed E-state index contributed by atoms with van der Waals surface area (Å²) in [6.45, 7) is 11.8. The highest BCUT2D eigenvalue weighted by atomic mass is 16.5. The van der Waals surface area contributed by atoms with Crippen molar-refractivity contribution < 1.29 is 4.74 Å². The molecule has 1 aromatic rings. The molecule has 2 heterocycles. The van der Waals surface area contributed by atoms with E-state index < -0.39 is 0 Å². The maximum absolute atomic E-state index is 5.13. The third kappa shape index (κ3) is 4.71. The molecular formula is C16H30N4O. The van der Waals surface area contributed by atoms with E-state index in [1.54, 1.807) is 7.11 Å². The molecule has 5 nitrogen and oxygen atoms in total. The van der Waals surface area contributed by atoms with Gasteiger partial charge in [-0.05, 0) is 46.1 Å². The summed E-state index contributed by atoms with van der Waals surface area (Å²) >= 11 is 0. The number of likely N-dealkylation sites (tertiary alicyclic amines) is 1. The normalized spacial score (nSPS) is 19.6. The molecule has 0 aliphatic carbocycles. The number of aromatic nitrogens is 2. The van der Waals surface area contributed by atoms with Crippen LogP contribution in [0.5, 0.6) is 0 Å². The third-order valence-electron chi connectivity index (χ3n) is 4.24. The van der Waals surface area contributed by atoms with Crippen molar-refractivity contribution in [1.29, 1.82) is 0 Å². The number of hydrogen-bond acceptors (Lipinski definition) is 4. The number of imidazole rings is 1. The van der Waals surface area contributed by atoms with Crippen LogP contribution in [0.1, 0.15) is 32.4 Å². The van der Waals surface area contributed by atoms with Crippen LogP contribution >= 0.6 is 0 Å². The van der Waals surface area contributed by atoms with Crippen molar-refractivity contribution in [3.05, 3.63) is 11.9 Å². The summed E-state index contributed by atoms with van der Waals surface area (Å²) in [4.78, 5) is 7.16. The number of hydrogen-bond donors (Lipinski definition) is 1. The molecule has 120 valence electrons. The molecule has 1 aliphatic heterocycles. The van der Waals surface area contributed by atoms with Gasteiger partial charge in [-0.25, -0.2) is 4.98 Å². The average Bonchev–Trinajstić information content (AvgIpc) is 3.03. The number of rotatable bonds is 8. The number of aryl methyl sites for hydroxylation is 2. The Kier molecular flexibility index (Phi) is 6.06. The third-order valence-corrected chi connectivity index (χ3v) is 4.24. The van der Waals surface area contributed by atoms with Gasteiger partial charge < -0.3 is 19.5 Å². The van der Waals surface area contributed by atoms with Crippen molar-refractivity contribution in [3.8, 4) is 0 Å². The van der Waals surface area contributed by atoms with Gasteiger partial charge in [0.15, 0.2) is 0 Å². The first-order valence-corrected chi connectivity index (χ1v) is 8.10. The standard InChI is InChI=1S/C16H30N4O/c1-13(2)19-8-6-15(12-19)10-17-16-18-14(3)11-20(16)7-5-9-21-4/h11,13,15H,5-10,12H2,1-4H3,(H,17,18). The second-order valence-electron chi connectivity index (χ2n) is 6.37. The highest BCUT2D eigenvalue weighted by Crippen LogP contribution is 2.19. The maximum Gasteiger partial charge on any atom is 0.203 e. The molecule has 1 N–H and O–H groups in total. The van der Waals surface area contributed by atoms with Crippen LogP contribution in [0.4, 0.5) is 5.95 Å². The van der Waals surface area contributed by atoms with E-state index in [0.29, 0.717) is 6.04 Å². The summed E-state index contributed by atoms with van der Waals surface area (Å²) in [6.07, 6.45) is 4.42. The van der Waals surface area contributed by atoms with Crippen molar-refractivity contribution in [2.45, 2.75) is 46.2 Å². The van der Waals surface area contributed by atoms with Gasteiger partial charge in [-0.3, -0.25) is 0 Å². The Bertz CT molecular complexity index is 430. The van der Waals surface area contributed by atoms with Crippen LogP contribution in [0.25, 0.3) is 0 Å². The van der Waals surface area contributed by atoms with Gasteiger partial charge in [0.1, 0.15) is 0 Å². The Morgan fingerprint density at radius 1 is 1.48 bits per heavy atom. The molecule has 0 aromatic carbocycles. The van der Waals surface area contributed by atoms with E-state index in [4.69, 9.17) is 4.74 Å². The van der Waals surface area contributed by atoms with E-state index in [-0.39, 0.29) is 0 Å². The van der Waals surface area contributed by atoms with E-state index in [1.165, 1.54) is 19.5 Å². The van der Waals surface area contributed by atoms with Crippen LogP contribution in [0.15, 0.2) is 6.20 Å². The van der Waals surface area contributed by atoms with Crippen molar-refractivity contribution in [1.82, 2.24) is 14.5 Å². The molecule has 0 bridgehead atoms. The zero-order chi connectivity index (χ0) is 15.2. The van der Waals surface area contributed by atoms with Crippen LogP contribution in [0, 0.1) is 12.8 Å². The number of nitrogens with zero attached hydrogens (tertiary/aromatic N) is 3. The molecule has 0 saturated carbocycles. The number of anilines is 1. The van der Waals surface area contributed by atoms with Gasteiger partial charge >= 0.3 is 0 Å². The Hall–Kier alpha value is -1.07. The lowest BCUT2D eigenvalue weighted by atomic mass is 10.1. The summed E-state index contributed by atoms with van der Waals surface area (Å²) in [5.41, 5.74) is 1.07. The molecule has 5 heteroatoms. The first kappa shape index (κ1) is 16.3. The van der Waals surface area contributed by atoms with Gasteiger partial charge in [0, 0.05) is 45.6 Å². The lowest BCUT2D eigenvalue weighted by Gasteiger charge is -2.20. The molecule has 1 aliphatic rings. The molecule has 21 heavy (non-hydrogen) atoms. The largest absolute Gasteiger partial charge is 0.385 e. The van der Waals surface area contributed by atoms with Crippen LogP contribution in [0.2, 0.25) is 0 Å². The molecule has 0 radical (unpaired) electrons. The summed E-state index contributed by atoms with van der Waals surface area (Å²) in [5.74, 6) is 1.74. The minimum Gasteiger partial charge on any atom is -0.385 e. The second-order valence-corrected chi connectivity index (χ2v) is 6.37. The smallest absolute Gasteiger partial charge is 0.203 e. The zero-order valence-corrected chi connectivity index (χ0v) is 13.9. The van der Waals surface area contributed by atoms with Gasteiger partial charge in [-0.15, -0.1) is 0 Å². The second kappa shape index (κ2) is 7.80. The lowest BCUT2D eigenvalue weighted by molar-refractivity contribution is 0.190. The van der Waals surface area contributed by atoms with E-state index in [9.17, 15) is 0 Å². The Balaban J connectivity index is 1.82. The fourth-order valence-corrected chi connectivity index (χ4v) is 2.97. The van der Waals surface area contributed by atoms with E-state index >= 15 is 0 Å². The minimum atomic E-state index is 0.660. The van der Waals surface area contributed by atoms with Crippen LogP contribution in [-0.2, 0) is 11.3 Å². The molecule has 1 unspecified atom stereocenters. The molecule has 1 aromatic heterocycles. The number of methoxy groups -OCH3 is 1. The van der Waals surface area contributed by atoms with E-state index in [1.807, 2.05) is 6.92 Å². The zero-order valence-electron chi connectivity index (χ0n) is 13.9. The number of ether oxygens (including phenoxy) is 1. The summed E-state index contributed by atoms with van der Waals surface area (Å²) in [5, 5.41) is 3.55. The Labute approximate surface area is 128 Å². The number of nitrogens with one attached hydrogen (secondary N) is 1. The van der Waals surface area contributed by atoms with Gasteiger partial charge in [0.2, 0.25) is 5.95 Å². The van der Waals surface area contributed by atoms with Crippen LogP contribution < -0.4 is 5.32 Å². The molecule has 1 fully saturated rings. The predicted octanol–water partition coefficient (Wildman–Crippen LogP) is 2.37. The SMILES string of the molecule is COCCCn1cc(C)nc1NCC1CCN(C(C)C)C1. The van der Waals surface area contributed by atoms with Gasteiger partial charge in [-0.1, -0.05) is 0 Å². The van der Waals surface area contributed by atoms with Crippen molar-refractivity contribution in [2.75, 3.05) is 38.7 Å².